The molecule has 6 aliphatic rings. The van der Waals surface area contributed by atoms with E-state index in [4.69, 9.17) is 0 Å². The van der Waals surface area contributed by atoms with Crippen molar-refractivity contribution in [1.82, 2.24) is 93.6 Å². The summed E-state index contributed by atoms with van der Waals surface area (Å²) in [4.78, 5) is 30.1. The minimum absolute atomic E-state index is 0.0451. The van der Waals surface area contributed by atoms with Gasteiger partial charge < -0.3 is 0 Å². The summed E-state index contributed by atoms with van der Waals surface area (Å²) >= 11 is 0. The van der Waals surface area contributed by atoms with Crippen LogP contribution in [0.2, 0.25) is 0 Å². The number of fused-ring (bicyclic) bond motifs is 30. The van der Waals surface area contributed by atoms with E-state index in [1.54, 1.807) is 115 Å². The van der Waals surface area contributed by atoms with Gasteiger partial charge in [-0.1, -0.05) is 65.0 Å². The normalized spacial score (nSPS) is 18.7. The highest BCUT2D eigenvalue weighted by Gasteiger charge is 2.73. The summed E-state index contributed by atoms with van der Waals surface area (Å²) in [6.07, 6.45) is 2.72. The van der Waals surface area contributed by atoms with E-state index in [1.807, 2.05) is 57.9 Å². The van der Waals surface area contributed by atoms with E-state index in [2.05, 4.69) is 107 Å². The number of pyridine rings is 3. The third-order valence-corrected chi connectivity index (χ3v) is 16.8. The van der Waals surface area contributed by atoms with Gasteiger partial charge in [-0.15, -0.1) is 57.4 Å². The van der Waals surface area contributed by atoms with Crippen molar-refractivity contribution in [2.75, 3.05) is 0 Å². The number of nitrogens with zero attached hydrogens (tertiary/aromatic N) is 25. The Morgan fingerprint density at radius 3 is 1.45 bits per heavy atom. The third kappa shape index (κ3) is 7.29. The fraction of sp³-hybridized carbons (Fsp3) is 0.293. The average molecular weight is 1270 g/mol. The molecule has 3 atom stereocenters. The van der Waals surface area contributed by atoms with Crippen LogP contribution < -0.4 is 27.4 Å². The Labute approximate surface area is 511 Å². The molecule has 0 bridgehead atoms. The van der Waals surface area contributed by atoms with Crippen LogP contribution in [0.3, 0.4) is 0 Å². The molecule has 0 amide bonds. The first-order chi connectivity index (χ1) is 43.5. The molecule has 3 spiro atoms. The van der Waals surface area contributed by atoms with Crippen molar-refractivity contribution >= 4 is 0 Å². The van der Waals surface area contributed by atoms with E-state index < -0.39 is 53.5 Å². The van der Waals surface area contributed by atoms with Gasteiger partial charge in [-0.05, 0) is 53.8 Å². The Morgan fingerprint density at radius 2 is 0.880 bits per heavy atom. The first kappa shape index (κ1) is 56.3. The monoisotopic (exact) mass is 1270 g/mol. The molecule has 0 saturated heterocycles. The maximum absolute atomic E-state index is 13.6. The number of hydrogen-bond acceptors (Lipinski definition) is 13. The van der Waals surface area contributed by atoms with Crippen molar-refractivity contribution in [2.24, 2.45) is 0 Å². The van der Waals surface area contributed by atoms with Gasteiger partial charge in [0.05, 0.1) is 6.20 Å². The molecule has 25 nitrogen and oxygen atoms in total. The molecule has 92 heavy (non-hydrogen) atoms. The van der Waals surface area contributed by atoms with Crippen LogP contribution in [0.15, 0.2) is 129 Å². The zero-order valence-corrected chi connectivity index (χ0v) is 49.7. The van der Waals surface area contributed by atoms with Gasteiger partial charge in [0.2, 0.25) is 23.3 Å². The number of aromatic nitrogens is 25. The van der Waals surface area contributed by atoms with Gasteiger partial charge in [0.25, 0.3) is 34.9 Å². The lowest BCUT2D eigenvalue weighted by molar-refractivity contribution is -0.992. The van der Waals surface area contributed by atoms with Crippen molar-refractivity contribution in [3.05, 3.63) is 175 Å². The second-order valence-electron chi connectivity index (χ2n) is 24.6. The molecule has 0 aromatic carbocycles. The van der Waals surface area contributed by atoms with E-state index in [-0.39, 0.29) is 22.3 Å². The van der Waals surface area contributed by atoms with Crippen LogP contribution in [-0.4, -0.2) is 93.6 Å². The van der Waals surface area contributed by atoms with E-state index >= 15 is 0 Å². The highest BCUT2D eigenvalue weighted by Crippen LogP contribution is 2.44. The number of halogens is 9. The summed E-state index contributed by atoms with van der Waals surface area (Å²) in [6, 6.07) is 18.9. The van der Waals surface area contributed by atoms with Crippen molar-refractivity contribution in [1.29, 1.82) is 0 Å². The van der Waals surface area contributed by atoms with Crippen LogP contribution in [0, 0.1) is 20.8 Å². The van der Waals surface area contributed by atoms with Crippen LogP contribution in [0.1, 0.15) is 87.4 Å². The third-order valence-electron chi connectivity index (χ3n) is 16.8. The smallest absolute Gasteiger partial charge is 0.251 e. The molecule has 0 N–H and O–H groups in total. The maximum atomic E-state index is 13.6. The molecule has 462 valence electrons. The van der Waals surface area contributed by atoms with Crippen molar-refractivity contribution in [3.8, 4) is 69.0 Å². The fourth-order valence-corrected chi connectivity index (χ4v) is 12.9. The summed E-state index contributed by atoms with van der Waals surface area (Å²) in [6.45, 7) is 17.8. The number of alkyl halides is 9. The maximum Gasteiger partial charge on any atom is 0.586 e. The zero-order chi connectivity index (χ0) is 64.5. The molecule has 12 aromatic heterocycles. The standard InChI is InChI=1S/2C21H19F3N8.C16H10F3N9/c1-12-26-18-16-9-13(19(2,3)4)6-8-29(16)21(32(18)27-12)30-11-25-7-5-14(30)15-10-17(20(22,23)24)28-31(15)21;1-12-26-18-14-10-13(19(2,3)4)6-9-29(14)21(32(18)27-12)30-8-5-7-25-17(30)15-11-16(20(22,23)24)28-31(15)21;1-9-21-12-10-4-2-3-6-25(10)16(27(12)23-9)26-7-5-20-8-11(26)13-22-14(15(17,18)19)24-28(13)16/h2*5-11H,1-4H3;2-8H,1H3/q3*+2. The highest BCUT2D eigenvalue weighted by molar-refractivity contribution is 5.58. The minimum Gasteiger partial charge on any atom is -0.251 e. The molecule has 18 heterocycles. The molecule has 12 aromatic rings. The Hall–Kier alpha value is -11.0. The fourth-order valence-electron chi connectivity index (χ4n) is 12.9. The first-order valence-corrected chi connectivity index (χ1v) is 28.5. The SMILES string of the molecule is Cc1nc2n(n1)C1(n3nc(C(F)(F)F)cc3-c3ccnc[n+]31)[n+]1ccc(C(C)(C)C)cc1-2.Cc1nc2n(n1)C1(n3nc(C(F)(F)F)cc3-c3nccc[n+]31)[n+]1ccc(C(C)(C)C)cc1-2.Cc1nc2n(n1)C1(n3nc(C(F)(F)F)nc3-c3cncc[n+]31)[n+]1ccccc1-2. The van der Waals surface area contributed by atoms with E-state index in [1.165, 1.54) is 20.2 Å². The van der Waals surface area contributed by atoms with Gasteiger partial charge in [-0.2, -0.15) is 54.7 Å². The Morgan fingerprint density at radius 1 is 0.391 bits per heavy atom. The van der Waals surface area contributed by atoms with Gasteiger partial charge in [-0.3, -0.25) is 4.98 Å². The van der Waals surface area contributed by atoms with Crippen LogP contribution >= 0.6 is 0 Å². The molecule has 0 aliphatic carbocycles. The molecule has 0 saturated carbocycles. The summed E-state index contributed by atoms with van der Waals surface area (Å²) in [7, 11) is 0. The second kappa shape index (κ2) is 17.9. The van der Waals surface area contributed by atoms with Crippen molar-refractivity contribution in [3.63, 3.8) is 0 Å². The van der Waals surface area contributed by atoms with E-state index in [0.717, 1.165) is 34.6 Å². The van der Waals surface area contributed by atoms with Crippen LogP contribution in [0.25, 0.3) is 69.0 Å². The first-order valence-electron chi connectivity index (χ1n) is 28.5. The summed E-state index contributed by atoms with van der Waals surface area (Å²) in [5.74, 6) is -1.86. The summed E-state index contributed by atoms with van der Waals surface area (Å²) in [5, 5.41) is 25.6. The molecule has 6 aliphatic heterocycles. The predicted octanol–water partition coefficient (Wildman–Crippen LogP) is 4.83. The predicted molar refractivity (Wildman–Crippen MR) is 291 cm³/mol. The van der Waals surface area contributed by atoms with Crippen molar-refractivity contribution in [2.45, 2.75) is 109 Å². The average Bonchev–Trinajstić information content (AvgIpc) is 1.52. The molecular weight excluding hydrogens is 1220 g/mol. The molecule has 0 fully saturated rings. The zero-order valence-electron chi connectivity index (χ0n) is 49.7. The lowest BCUT2D eigenvalue weighted by Crippen LogP contribution is -2.77. The van der Waals surface area contributed by atoms with Gasteiger partial charge >= 0.3 is 42.1 Å². The minimum atomic E-state index is -4.69. The van der Waals surface area contributed by atoms with Gasteiger partial charge in [0, 0.05) is 60.7 Å². The summed E-state index contributed by atoms with van der Waals surface area (Å²) in [5.41, 5.74) is 3.58. The number of aryl methyl sites for hydroxylation is 3. The van der Waals surface area contributed by atoms with Gasteiger partial charge in [-0.25, -0.2) is 15.0 Å². The largest absolute Gasteiger partial charge is 0.586 e. The second-order valence-corrected chi connectivity index (χ2v) is 24.6. The van der Waals surface area contributed by atoms with E-state index in [0.29, 0.717) is 63.5 Å². The number of rotatable bonds is 0. The molecule has 0 radical (unpaired) electrons. The Kier molecular flexibility index (Phi) is 11.0. The quantitative estimate of drug-likeness (QED) is 0.147. The van der Waals surface area contributed by atoms with E-state index in [9.17, 15) is 39.5 Å². The molecule has 18 rings (SSSR count). The summed E-state index contributed by atoms with van der Waals surface area (Å²) < 4.78 is 141. The Bertz CT molecular complexity index is 4930. The molecule has 3 unspecified atom stereocenters. The van der Waals surface area contributed by atoms with Gasteiger partial charge in [0.1, 0.15) is 48.0 Å². The topological polar surface area (TPSA) is 220 Å². The van der Waals surface area contributed by atoms with Crippen LogP contribution in [-0.2, 0) is 47.1 Å². The van der Waals surface area contributed by atoms with Crippen molar-refractivity contribution < 1.29 is 66.9 Å². The Balaban J connectivity index is 0.000000110. The molecule has 34 heteroatoms. The highest BCUT2D eigenvalue weighted by atomic mass is 19.4. The molecular formula is C58H48F9N25+6. The van der Waals surface area contributed by atoms with Crippen LogP contribution in [0.5, 0.6) is 0 Å². The van der Waals surface area contributed by atoms with Crippen LogP contribution in [0.4, 0.5) is 39.5 Å². The lowest BCUT2D eigenvalue weighted by Gasteiger charge is -2.20. The van der Waals surface area contributed by atoms with Gasteiger partial charge in [0.15, 0.2) is 47.6 Å². The number of hydrogen-bond donors (Lipinski definition) is 0. The lowest BCUT2D eigenvalue weighted by atomic mass is 9.87.